The number of halogens is 1. The summed E-state index contributed by atoms with van der Waals surface area (Å²) in [4.78, 5) is 9.52. The summed E-state index contributed by atoms with van der Waals surface area (Å²) in [7, 11) is 0. The van der Waals surface area contributed by atoms with E-state index in [-0.39, 0.29) is 0 Å². The maximum atomic E-state index is 12.9. The van der Waals surface area contributed by atoms with Gasteiger partial charge in [0.1, 0.15) is 5.82 Å². The summed E-state index contributed by atoms with van der Waals surface area (Å²) in [6.07, 6.45) is 6.06. The molecule has 1 saturated carbocycles. The van der Waals surface area contributed by atoms with Crippen molar-refractivity contribution in [1.82, 2.24) is 9.97 Å². The van der Waals surface area contributed by atoms with Gasteiger partial charge in [-0.2, -0.15) is 9.37 Å². The van der Waals surface area contributed by atoms with E-state index in [2.05, 4.69) is 14.9 Å². The lowest BCUT2D eigenvalue weighted by molar-refractivity contribution is 0.391. The number of aromatic nitrogens is 2. The average molecular weight is 207 g/mol. The van der Waals surface area contributed by atoms with Crippen molar-refractivity contribution in [3.05, 3.63) is 18.3 Å². The van der Waals surface area contributed by atoms with Crippen LogP contribution in [0.25, 0.3) is 0 Å². The normalized spacial score (nSPS) is 23.1. The third-order valence-electron chi connectivity index (χ3n) is 3.55. The Hall–Kier alpha value is -1.19. The van der Waals surface area contributed by atoms with E-state index in [1.165, 1.54) is 31.9 Å². The number of anilines is 1. The van der Waals surface area contributed by atoms with Gasteiger partial charge in [-0.15, -0.1) is 0 Å². The van der Waals surface area contributed by atoms with E-state index in [4.69, 9.17) is 0 Å². The summed E-state index contributed by atoms with van der Waals surface area (Å²) in [5.41, 5.74) is 0.541. The highest BCUT2D eigenvalue weighted by molar-refractivity contribution is 5.38. The van der Waals surface area contributed by atoms with Crippen LogP contribution in [0, 0.1) is 11.5 Å². The van der Waals surface area contributed by atoms with Crippen LogP contribution in [-0.4, -0.2) is 23.1 Å². The van der Waals surface area contributed by atoms with Crippen LogP contribution in [0.3, 0.4) is 0 Å². The fourth-order valence-electron chi connectivity index (χ4n) is 2.49. The smallest absolute Gasteiger partial charge is 0.310 e. The van der Waals surface area contributed by atoms with Crippen LogP contribution >= 0.6 is 0 Å². The molecule has 1 aromatic heterocycles. The number of hydrogen-bond acceptors (Lipinski definition) is 3. The van der Waals surface area contributed by atoms with Gasteiger partial charge in [0.2, 0.25) is 0 Å². The zero-order chi connectivity index (χ0) is 10.3. The van der Waals surface area contributed by atoms with Crippen molar-refractivity contribution in [2.75, 3.05) is 18.0 Å². The van der Waals surface area contributed by atoms with Crippen molar-refractivity contribution in [3.8, 4) is 0 Å². The van der Waals surface area contributed by atoms with E-state index in [1.807, 2.05) is 0 Å². The number of nitrogens with zero attached hydrogens (tertiary/aromatic N) is 3. The zero-order valence-corrected chi connectivity index (χ0v) is 8.62. The second kappa shape index (κ2) is 3.15. The minimum atomic E-state index is -0.622. The largest absolute Gasteiger partial charge is 0.356 e. The SMILES string of the molecule is Fc1nccc(N2CCCC3(CC3)C2)n1. The minimum Gasteiger partial charge on any atom is -0.356 e. The summed E-state index contributed by atoms with van der Waals surface area (Å²) >= 11 is 0. The first-order chi connectivity index (χ1) is 7.27. The van der Waals surface area contributed by atoms with Crippen LogP contribution in [0.15, 0.2) is 12.3 Å². The van der Waals surface area contributed by atoms with Crippen molar-refractivity contribution in [2.24, 2.45) is 5.41 Å². The zero-order valence-electron chi connectivity index (χ0n) is 8.62. The molecule has 3 rings (SSSR count). The van der Waals surface area contributed by atoms with Crippen molar-refractivity contribution < 1.29 is 4.39 Å². The summed E-state index contributed by atoms with van der Waals surface area (Å²) in [5, 5.41) is 0. The lowest BCUT2D eigenvalue weighted by Crippen LogP contribution is -2.37. The fraction of sp³-hybridized carbons (Fsp3) is 0.636. The molecule has 0 N–H and O–H groups in total. The molecule has 0 aromatic carbocycles. The molecule has 2 heterocycles. The standard InChI is InChI=1S/C11H14FN3/c12-10-13-6-2-9(14-10)15-7-1-3-11(8-15)4-5-11/h2,6H,1,3-5,7-8H2. The summed E-state index contributed by atoms with van der Waals surface area (Å²) < 4.78 is 12.9. The first-order valence-corrected chi connectivity index (χ1v) is 5.51. The molecule has 80 valence electrons. The summed E-state index contributed by atoms with van der Waals surface area (Å²) in [6.45, 7) is 2.04. The maximum Gasteiger partial charge on any atom is 0.310 e. The van der Waals surface area contributed by atoms with E-state index >= 15 is 0 Å². The highest BCUT2D eigenvalue weighted by Gasteiger charge is 2.45. The van der Waals surface area contributed by atoms with E-state index in [9.17, 15) is 4.39 Å². The lowest BCUT2D eigenvalue weighted by Gasteiger charge is -2.33. The third-order valence-corrected chi connectivity index (χ3v) is 3.55. The van der Waals surface area contributed by atoms with Gasteiger partial charge in [0.15, 0.2) is 0 Å². The van der Waals surface area contributed by atoms with Crippen LogP contribution in [0.4, 0.5) is 10.2 Å². The monoisotopic (exact) mass is 207 g/mol. The molecule has 1 aromatic rings. The fourth-order valence-corrected chi connectivity index (χ4v) is 2.49. The Balaban J connectivity index is 1.81. The van der Waals surface area contributed by atoms with Gasteiger partial charge >= 0.3 is 6.08 Å². The highest BCUT2D eigenvalue weighted by atomic mass is 19.1. The average Bonchev–Trinajstić information content (AvgIpc) is 2.98. The molecule has 2 aliphatic rings. The van der Waals surface area contributed by atoms with E-state index in [0.717, 1.165) is 18.9 Å². The van der Waals surface area contributed by atoms with Crippen molar-refractivity contribution in [2.45, 2.75) is 25.7 Å². The lowest BCUT2D eigenvalue weighted by atomic mass is 9.95. The predicted molar refractivity (Wildman–Crippen MR) is 55.1 cm³/mol. The molecule has 0 bridgehead atoms. The van der Waals surface area contributed by atoms with Gasteiger partial charge in [0, 0.05) is 19.3 Å². The van der Waals surface area contributed by atoms with Gasteiger partial charge in [0.25, 0.3) is 0 Å². The number of rotatable bonds is 1. The van der Waals surface area contributed by atoms with Gasteiger partial charge in [0.05, 0.1) is 0 Å². The van der Waals surface area contributed by atoms with Crippen LogP contribution in [0.1, 0.15) is 25.7 Å². The first-order valence-electron chi connectivity index (χ1n) is 5.51. The number of piperidine rings is 1. The molecule has 4 heteroatoms. The molecule has 3 nitrogen and oxygen atoms in total. The Bertz CT molecular complexity index is 376. The Labute approximate surface area is 88.3 Å². The second-order valence-electron chi connectivity index (χ2n) is 4.71. The Morgan fingerprint density at radius 2 is 2.20 bits per heavy atom. The molecule has 0 radical (unpaired) electrons. The highest BCUT2D eigenvalue weighted by Crippen LogP contribution is 2.52. The van der Waals surface area contributed by atoms with Crippen molar-refractivity contribution >= 4 is 5.82 Å². The Morgan fingerprint density at radius 3 is 2.93 bits per heavy atom. The van der Waals surface area contributed by atoms with Crippen molar-refractivity contribution in [1.29, 1.82) is 0 Å². The molecule has 1 spiro atoms. The summed E-state index contributed by atoms with van der Waals surface area (Å²) in [5.74, 6) is 0.744. The molecule has 2 fully saturated rings. The van der Waals surface area contributed by atoms with Gasteiger partial charge in [-0.25, -0.2) is 4.98 Å². The van der Waals surface area contributed by atoms with Gasteiger partial charge in [-0.3, -0.25) is 0 Å². The molecule has 1 aliphatic heterocycles. The van der Waals surface area contributed by atoms with E-state index < -0.39 is 6.08 Å². The molecular formula is C11H14FN3. The molecule has 15 heavy (non-hydrogen) atoms. The number of hydrogen-bond donors (Lipinski definition) is 0. The van der Waals surface area contributed by atoms with E-state index in [1.54, 1.807) is 6.07 Å². The molecule has 0 amide bonds. The third kappa shape index (κ3) is 1.68. The van der Waals surface area contributed by atoms with Gasteiger partial charge in [-0.1, -0.05) is 0 Å². The van der Waals surface area contributed by atoms with Crippen molar-refractivity contribution in [3.63, 3.8) is 0 Å². The molecular weight excluding hydrogens is 193 g/mol. The predicted octanol–water partition coefficient (Wildman–Crippen LogP) is 2.00. The molecule has 0 atom stereocenters. The van der Waals surface area contributed by atoms with Crippen LogP contribution in [0.5, 0.6) is 0 Å². The van der Waals surface area contributed by atoms with E-state index in [0.29, 0.717) is 5.41 Å². The first kappa shape index (κ1) is 9.07. The molecule has 1 aliphatic carbocycles. The summed E-state index contributed by atoms with van der Waals surface area (Å²) in [6, 6.07) is 1.80. The van der Waals surface area contributed by atoms with Crippen LogP contribution < -0.4 is 4.90 Å². The molecule has 1 saturated heterocycles. The minimum absolute atomic E-state index is 0.541. The van der Waals surface area contributed by atoms with Gasteiger partial charge < -0.3 is 4.90 Å². The van der Waals surface area contributed by atoms with Gasteiger partial charge in [-0.05, 0) is 37.2 Å². The second-order valence-corrected chi connectivity index (χ2v) is 4.71. The maximum absolute atomic E-state index is 12.9. The van der Waals surface area contributed by atoms with Crippen LogP contribution in [0.2, 0.25) is 0 Å². The Morgan fingerprint density at radius 1 is 1.33 bits per heavy atom. The Kier molecular flexibility index (Phi) is 1.90. The molecule has 0 unspecified atom stereocenters. The quantitative estimate of drug-likeness (QED) is 0.659. The van der Waals surface area contributed by atoms with Crippen LogP contribution in [-0.2, 0) is 0 Å². The topological polar surface area (TPSA) is 29.0 Å².